The van der Waals surface area contributed by atoms with Crippen molar-refractivity contribution in [3.63, 3.8) is 0 Å². The van der Waals surface area contributed by atoms with Gasteiger partial charge in [-0.2, -0.15) is 0 Å². The van der Waals surface area contributed by atoms with Gasteiger partial charge in [-0.15, -0.1) is 11.3 Å². The number of piperazine rings is 1. The third-order valence-corrected chi connectivity index (χ3v) is 5.75. The zero-order chi connectivity index (χ0) is 20.6. The second-order valence-electron chi connectivity index (χ2n) is 6.67. The molecule has 0 saturated carbocycles. The number of amides is 2. The van der Waals surface area contributed by atoms with Crippen molar-refractivity contribution in [2.45, 2.75) is 31.4 Å². The lowest BCUT2D eigenvalue weighted by atomic mass is 10.1. The van der Waals surface area contributed by atoms with E-state index in [-0.39, 0.29) is 30.2 Å². The molecule has 8 nitrogen and oxygen atoms in total. The molecule has 29 heavy (non-hydrogen) atoms. The number of thiophene rings is 1. The highest BCUT2D eigenvalue weighted by atomic mass is 32.1. The van der Waals surface area contributed by atoms with Crippen molar-refractivity contribution >= 4 is 52.5 Å². The Balaban J connectivity index is 1.53. The lowest BCUT2D eigenvalue weighted by Crippen LogP contribution is -2.60. The summed E-state index contributed by atoms with van der Waals surface area (Å²) >= 11 is 6.82. The zero-order valence-electron chi connectivity index (χ0n) is 15.8. The second-order valence-corrected chi connectivity index (χ2v) is 8.03. The summed E-state index contributed by atoms with van der Waals surface area (Å²) in [6, 6.07) is 2.96. The van der Waals surface area contributed by atoms with Crippen molar-refractivity contribution in [2.75, 3.05) is 26.3 Å². The lowest BCUT2D eigenvalue weighted by Gasteiger charge is -2.36. The molecule has 2 N–H and O–H groups in total. The molecule has 3 rings (SSSR count). The SMILES string of the molecule is O=C(/C=C/c1cccs1)NC(=S)N1CCNC(=O)[C@@H]1CC(=O)OC[C@H]1CCCO1. The quantitative estimate of drug-likeness (QED) is 0.390. The molecule has 3 heterocycles. The summed E-state index contributed by atoms with van der Waals surface area (Å²) in [6.45, 7) is 1.63. The number of hydrogen-bond donors (Lipinski definition) is 2. The Hall–Kier alpha value is -2.30. The number of thiocarbonyl (C=S) groups is 1. The van der Waals surface area contributed by atoms with Gasteiger partial charge < -0.3 is 19.7 Å². The van der Waals surface area contributed by atoms with Gasteiger partial charge in [0, 0.05) is 30.6 Å². The van der Waals surface area contributed by atoms with E-state index in [1.807, 2.05) is 17.5 Å². The van der Waals surface area contributed by atoms with Gasteiger partial charge in [-0.25, -0.2) is 0 Å². The number of hydrogen-bond acceptors (Lipinski definition) is 7. The third-order valence-electron chi connectivity index (χ3n) is 4.58. The number of esters is 1. The van der Waals surface area contributed by atoms with E-state index >= 15 is 0 Å². The highest BCUT2D eigenvalue weighted by Crippen LogP contribution is 2.14. The molecule has 0 aliphatic carbocycles. The maximum atomic E-state index is 12.3. The molecular formula is C19H23N3O5S2. The fourth-order valence-corrected chi connectivity index (χ4v) is 4.04. The summed E-state index contributed by atoms with van der Waals surface area (Å²) in [5.41, 5.74) is 0. The smallest absolute Gasteiger partial charge is 0.308 e. The summed E-state index contributed by atoms with van der Waals surface area (Å²) < 4.78 is 10.7. The van der Waals surface area contributed by atoms with E-state index in [1.165, 1.54) is 17.4 Å². The molecule has 2 saturated heterocycles. The van der Waals surface area contributed by atoms with E-state index < -0.39 is 17.9 Å². The molecule has 1 aromatic rings. The third kappa shape index (κ3) is 6.34. The molecule has 0 bridgehead atoms. The van der Waals surface area contributed by atoms with E-state index in [9.17, 15) is 14.4 Å². The fraction of sp³-hybridized carbons (Fsp3) is 0.474. The normalized spacial score (nSPS) is 21.8. The van der Waals surface area contributed by atoms with Gasteiger partial charge in [0.1, 0.15) is 12.6 Å². The predicted molar refractivity (Wildman–Crippen MR) is 112 cm³/mol. The van der Waals surface area contributed by atoms with Crippen LogP contribution >= 0.6 is 23.6 Å². The number of nitrogens with one attached hydrogen (secondary N) is 2. The first-order chi connectivity index (χ1) is 14.0. The van der Waals surface area contributed by atoms with Crippen LogP contribution in [0.5, 0.6) is 0 Å². The molecular weight excluding hydrogens is 414 g/mol. The van der Waals surface area contributed by atoms with Crippen LogP contribution < -0.4 is 10.6 Å². The Morgan fingerprint density at radius 2 is 2.34 bits per heavy atom. The van der Waals surface area contributed by atoms with Gasteiger partial charge in [0.05, 0.1) is 12.5 Å². The Labute approximate surface area is 178 Å². The van der Waals surface area contributed by atoms with E-state index in [0.29, 0.717) is 19.7 Å². The summed E-state index contributed by atoms with van der Waals surface area (Å²) in [5.74, 6) is -1.22. The first-order valence-electron chi connectivity index (χ1n) is 9.41. The minimum atomic E-state index is -0.824. The zero-order valence-corrected chi connectivity index (χ0v) is 17.4. The lowest BCUT2D eigenvalue weighted by molar-refractivity contribution is -0.150. The van der Waals surface area contributed by atoms with E-state index in [0.717, 1.165) is 17.7 Å². The monoisotopic (exact) mass is 437 g/mol. The second kappa shape index (κ2) is 10.5. The number of carbonyl (C=O) groups excluding carboxylic acids is 3. The first kappa shape index (κ1) is 21.4. The van der Waals surface area contributed by atoms with Crippen LogP contribution in [0.1, 0.15) is 24.1 Å². The molecule has 0 radical (unpaired) electrons. The van der Waals surface area contributed by atoms with E-state index in [2.05, 4.69) is 10.6 Å². The summed E-state index contributed by atoms with van der Waals surface area (Å²) in [7, 11) is 0. The number of carbonyl (C=O) groups is 3. The number of nitrogens with zero attached hydrogens (tertiary/aromatic N) is 1. The van der Waals surface area contributed by atoms with Crippen molar-refractivity contribution in [2.24, 2.45) is 0 Å². The molecule has 2 aliphatic rings. The van der Waals surface area contributed by atoms with Crippen LogP contribution in [0, 0.1) is 0 Å². The van der Waals surface area contributed by atoms with Crippen LogP contribution in [0.25, 0.3) is 6.08 Å². The van der Waals surface area contributed by atoms with Crippen molar-refractivity contribution in [3.8, 4) is 0 Å². The van der Waals surface area contributed by atoms with E-state index in [4.69, 9.17) is 21.7 Å². The maximum Gasteiger partial charge on any atom is 0.308 e. The molecule has 1 aromatic heterocycles. The topological polar surface area (TPSA) is 97.0 Å². The standard InChI is InChI=1S/C19H23N3O5S2/c23-16(6-5-14-4-2-10-29-14)21-19(28)22-8-7-20-18(25)15(22)11-17(24)27-12-13-3-1-9-26-13/h2,4-6,10,13,15H,1,3,7-9,11-12H2,(H,20,25)(H,21,23,28)/b6-5+/t13-,15+/m1/s1. The van der Waals surface area contributed by atoms with Crippen LogP contribution in [-0.2, 0) is 23.9 Å². The average molecular weight is 438 g/mol. The van der Waals surface area contributed by atoms with Gasteiger partial charge in [0.2, 0.25) is 11.8 Å². The van der Waals surface area contributed by atoms with Crippen molar-refractivity contribution < 1.29 is 23.9 Å². The van der Waals surface area contributed by atoms with Crippen LogP contribution in [0.3, 0.4) is 0 Å². The van der Waals surface area contributed by atoms with Gasteiger partial charge in [-0.3, -0.25) is 19.7 Å². The first-order valence-corrected chi connectivity index (χ1v) is 10.7. The molecule has 0 unspecified atom stereocenters. The van der Waals surface area contributed by atoms with Gasteiger partial charge in [0.25, 0.3) is 0 Å². The van der Waals surface area contributed by atoms with Gasteiger partial charge in [-0.1, -0.05) is 6.07 Å². The van der Waals surface area contributed by atoms with Crippen molar-refractivity contribution in [1.29, 1.82) is 0 Å². The Morgan fingerprint density at radius 1 is 1.48 bits per heavy atom. The molecule has 0 aromatic carbocycles. The summed E-state index contributed by atoms with van der Waals surface area (Å²) in [6.07, 6.45) is 4.65. The fourth-order valence-electron chi connectivity index (χ4n) is 3.10. The number of rotatable bonds is 6. The van der Waals surface area contributed by atoms with Gasteiger partial charge in [0.15, 0.2) is 5.11 Å². The largest absolute Gasteiger partial charge is 0.463 e. The Morgan fingerprint density at radius 3 is 3.07 bits per heavy atom. The van der Waals surface area contributed by atoms with Crippen LogP contribution in [0.2, 0.25) is 0 Å². The average Bonchev–Trinajstić information content (AvgIpc) is 3.40. The highest BCUT2D eigenvalue weighted by molar-refractivity contribution is 7.80. The van der Waals surface area contributed by atoms with Crippen LogP contribution in [0.15, 0.2) is 23.6 Å². The Kier molecular flexibility index (Phi) is 7.73. The predicted octanol–water partition coefficient (Wildman–Crippen LogP) is 1.08. The van der Waals surface area contributed by atoms with Crippen LogP contribution in [0.4, 0.5) is 0 Å². The van der Waals surface area contributed by atoms with Crippen molar-refractivity contribution in [1.82, 2.24) is 15.5 Å². The molecule has 0 spiro atoms. The van der Waals surface area contributed by atoms with Crippen molar-refractivity contribution in [3.05, 3.63) is 28.5 Å². The molecule has 10 heteroatoms. The minimum absolute atomic E-state index is 0.0780. The van der Waals surface area contributed by atoms with Crippen LogP contribution in [-0.4, -0.2) is 66.2 Å². The Bertz CT molecular complexity index is 775. The highest BCUT2D eigenvalue weighted by Gasteiger charge is 2.34. The molecule has 2 aliphatic heterocycles. The molecule has 2 atom stereocenters. The number of ether oxygens (including phenoxy) is 2. The van der Waals surface area contributed by atoms with E-state index in [1.54, 1.807) is 11.0 Å². The summed E-state index contributed by atoms with van der Waals surface area (Å²) in [4.78, 5) is 39.1. The van der Waals surface area contributed by atoms with Gasteiger partial charge >= 0.3 is 5.97 Å². The van der Waals surface area contributed by atoms with Gasteiger partial charge in [-0.05, 0) is 42.6 Å². The molecule has 156 valence electrons. The molecule has 2 amide bonds. The minimum Gasteiger partial charge on any atom is -0.463 e. The summed E-state index contributed by atoms with van der Waals surface area (Å²) in [5, 5.41) is 7.34. The maximum absolute atomic E-state index is 12.3. The molecule has 2 fully saturated rings.